The van der Waals surface area contributed by atoms with Gasteiger partial charge in [-0.3, -0.25) is 9.69 Å². The smallest absolute Gasteiger partial charge is 0.244 e. The van der Waals surface area contributed by atoms with E-state index in [0.29, 0.717) is 0 Å². The number of carbonyl (C=O) groups is 1. The van der Waals surface area contributed by atoms with E-state index in [-0.39, 0.29) is 11.9 Å². The van der Waals surface area contributed by atoms with Crippen LogP contribution in [0.2, 0.25) is 0 Å². The van der Waals surface area contributed by atoms with Gasteiger partial charge in [0.15, 0.2) is 0 Å². The van der Waals surface area contributed by atoms with Gasteiger partial charge in [-0.1, -0.05) is 54.6 Å². The van der Waals surface area contributed by atoms with E-state index in [1.165, 1.54) is 16.7 Å². The highest BCUT2D eigenvalue weighted by Gasteiger charge is 2.31. The summed E-state index contributed by atoms with van der Waals surface area (Å²) in [4.78, 5) is 17.3. The van der Waals surface area contributed by atoms with E-state index < -0.39 is 0 Å². The zero-order valence-corrected chi connectivity index (χ0v) is 14.7. The van der Waals surface area contributed by atoms with Crippen LogP contribution in [-0.4, -0.2) is 36.5 Å². The Hall–Kier alpha value is -2.39. The molecule has 2 aliphatic rings. The standard InChI is InChI=1S/C22H24N2O/c1-17(22(25)24-16-13-20-9-5-6-10-21(20)24)23-14-11-19(12-15-23)18-7-3-2-4-8-18/h2-11,17H,12-16H2,1H3/t17-/m0/s1. The molecule has 0 radical (unpaired) electrons. The molecule has 0 saturated carbocycles. The number of anilines is 1. The Morgan fingerprint density at radius 3 is 2.48 bits per heavy atom. The van der Waals surface area contributed by atoms with E-state index in [1.54, 1.807) is 0 Å². The summed E-state index contributed by atoms with van der Waals surface area (Å²) in [5.74, 6) is 0.224. The van der Waals surface area contributed by atoms with Crippen molar-refractivity contribution in [2.24, 2.45) is 0 Å². The predicted octanol–water partition coefficient (Wildman–Crippen LogP) is 3.75. The van der Waals surface area contributed by atoms with E-state index in [4.69, 9.17) is 0 Å². The molecular weight excluding hydrogens is 308 g/mol. The zero-order valence-electron chi connectivity index (χ0n) is 14.7. The molecule has 128 valence electrons. The average molecular weight is 332 g/mol. The predicted molar refractivity (Wildman–Crippen MR) is 103 cm³/mol. The van der Waals surface area contributed by atoms with Crippen molar-refractivity contribution in [2.75, 3.05) is 24.5 Å². The highest BCUT2D eigenvalue weighted by molar-refractivity contribution is 5.98. The Morgan fingerprint density at radius 2 is 1.72 bits per heavy atom. The number of benzene rings is 2. The molecule has 2 aromatic carbocycles. The second-order valence-electron chi connectivity index (χ2n) is 6.88. The van der Waals surface area contributed by atoms with Gasteiger partial charge >= 0.3 is 0 Å². The Bertz CT molecular complexity index is 797. The van der Waals surface area contributed by atoms with Gasteiger partial charge in [0.05, 0.1) is 6.04 Å². The largest absolute Gasteiger partial charge is 0.310 e. The van der Waals surface area contributed by atoms with E-state index in [1.807, 2.05) is 24.0 Å². The molecule has 3 heteroatoms. The molecule has 4 rings (SSSR count). The molecule has 0 unspecified atom stereocenters. The van der Waals surface area contributed by atoms with E-state index in [0.717, 1.165) is 38.2 Å². The van der Waals surface area contributed by atoms with Gasteiger partial charge in [-0.05, 0) is 42.5 Å². The van der Waals surface area contributed by atoms with Gasteiger partial charge in [0, 0.05) is 25.3 Å². The van der Waals surface area contributed by atoms with E-state index >= 15 is 0 Å². The molecule has 0 saturated heterocycles. The van der Waals surface area contributed by atoms with Crippen LogP contribution in [0.15, 0.2) is 60.7 Å². The minimum atomic E-state index is -0.0836. The molecule has 0 spiro atoms. The lowest BCUT2D eigenvalue weighted by Gasteiger charge is -2.33. The molecule has 0 bridgehead atoms. The van der Waals surface area contributed by atoms with Crippen molar-refractivity contribution in [3.05, 3.63) is 71.8 Å². The van der Waals surface area contributed by atoms with Crippen molar-refractivity contribution in [3.63, 3.8) is 0 Å². The van der Waals surface area contributed by atoms with Gasteiger partial charge in [-0.25, -0.2) is 0 Å². The van der Waals surface area contributed by atoms with Crippen LogP contribution in [0.4, 0.5) is 5.69 Å². The molecule has 1 atom stereocenters. The number of rotatable bonds is 3. The first-order valence-corrected chi connectivity index (χ1v) is 9.12. The third kappa shape index (κ3) is 3.12. The number of hydrogen-bond donors (Lipinski definition) is 0. The lowest BCUT2D eigenvalue weighted by Crippen LogP contribution is -2.48. The maximum Gasteiger partial charge on any atom is 0.244 e. The monoisotopic (exact) mass is 332 g/mol. The highest BCUT2D eigenvalue weighted by atomic mass is 16.2. The Balaban J connectivity index is 1.45. The van der Waals surface area contributed by atoms with Crippen LogP contribution in [0.25, 0.3) is 5.57 Å². The molecule has 0 N–H and O–H groups in total. The fourth-order valence-corrected chi connectivity index (χ4v) is 3.90. The Labute approximate surface area is 149 Å². The highest BCUT2D eigenvalue weighted by Crippen LogP contribution is 2.29. The van der Waals surface area contributed by atoms with Crippen LogP contribution < -0.4 is 4.90 Å². The molecule has 0 aromatic heterocycles. The van der Waals surface area contributed by atoms with Crippen LogP contribution in [0.3, 0.4) is 0 Å². The normalized spacial score (nSPS) is 18.6. The maximum atomic E-state index is 13.0. The van der Waals surface area contributed by atoms with Crippen LogP contribution in [0, 0.1) is 0 Å². The minimum absolute atomic E-state index is 0.0836. The zero-order chi connectivity index (χ0) is 17.2. The number of fused-ring (bicyclic) bond motifs is 1. The second-order valence-corrected chi connectivity index (χ2v) is 6.88. The first-order chi connectivity index (χ1) is 12.2. The van der Waals surface area contributed by atoms with Crippen molar-refractivity contribution < 1.29 is 4.79 Å². The molecule has 0 aliphatic carbocycles. The summed E-state index contributed by atoms with van der Waals surface area (Å²) >= 11 is 0. The van der Waals surface area contributed by atoms with Gasteiger partial charge in [-0.15, -0.1) is 0 Å². The van der Waals surface area contributed by atoms with Crippen molar-refractivity contribution >= 4 is 17.2 Å². The summed E-state index contributed by atoms with van der Waals surface area (Å²) in [5.41, 5.74) is 5.07. The fourth-order valence-electron chi connectivity index (χ4n) is 3.90. The van der Waals surface area contributed by atoms with Crippen LogP contribution in [0.1, 0.15) is 24.5 Å². The number of carbonyl (C=O) groups excluding carboxylic acids is 1. The van der Waals surface area contributed by atoms with Crippen molar-refractivity contribution in [1.29, 1.82) is 0 Å². The number of hydrogen-bond acceptors (Lipinski definition) is 2. The van der Waals surface area contributed by atoms with E-state index in [9.17, 15) is 4.79 Å². The molecule has 1 amide bonds. The maximum absolute atomic E-state index is 13.0. The van der Waals surface area contributed by atoms with Crippen molar-refractivity contribution in [3.8, 4) is 0 Å². The topological polar surface area (TPSA) is 23.6 Å². The van der Waals surface area contributed by atoms with Gasteiger partial charge in [0.1, 0.15) is 0 Å². The van der Waals surface area contributed by atoms with Crippen LogP contribution in [0.5, 0.6) is 0 Å². The molecule has 2 heterocycles. The Kier molecular flexibility index (Phi) is 4.41. The van der Waals surface area contributed by atoms with E-state index in [2.05, 4.69) is 53.4 Å². The lowest BCUT2D eigenvalue weighted by atomic mass is 9.99. The van der Waals surface area contributed by atoms with Gasteiger partial charge in [0.25, 0.3) is 0 Å². The van der Waals surface area contributed by atoms with Crippen LogP contribution in [-0.2, 0) is 11.2 Å². The molecular formula is C22H24N2O. The summed E-state index contributed by atoms with van der Waals surface area (Å²) < 4.78 is 0. The number of nitrogens with zero attached hydrogens (tertiary/aromatic N) is 2. The quantitative estimate of drug-likeness (QED) is 0.854. The van der Waals surface area contributed by atoms with Crippen LogP contribution >= 0.6 is 0 Å². The molecule has 3 nitrogen and oxygen atoms in total. The molecule has 2 aromatic rings. The first kappa shape index (κ1) is 16.1. The summed E-state index contributed by atoms with van der Waals surface area (Å²) in [6.45, 7) is 4.63. The average Bonchev–Trinajstić information content (AvgIpc) is 3.12. The van der Waals surface area contributed by atoms with Crippen molar-refractivity contribution in [2.45, 2.75) is 25.8 Å². The summed E-state index contributed by atoms with van der Waals surface area (Å²) in [6, 6.07) is 18.7. The van der Waals surface area contributed by atoms with Gasteiger partial charge in [0.2, 0.25) is 5.91 Å². The molecule has 0 fully saturated rings. The Morgan fingerprint density at radius 1 is 0.960 bits per heavy atom. The minimum Gasteiger partial charge on any atom is -0.310 e. The third-order valence-corrected chi connectivity index (χ3v) is 5.44. The fraction of sp³-hybridized carbons (Fsp3) is 0.318. The summed E-state index contributed by atoms with van der Waals surface area (Å²) in [7, 11) is 0. The third-order valence-electron chi connectivity index (χ3n) is 5.44. The summed E-state index contributed by atoms with van der Waals surface area (Å²) in [6.07, 6.45) is 4.24. The number of amides is 1. The number of para-hydroxylation sites is 1. The SMILES string of the molecule is C[C@@H](C(=O)N1CCc2ccccc21)N1CC=C(c2ccccc2)CC1. The molecule has 2 aliphatic heterocycles. The van der Waals surface area contributed by atoms with Gasteiger partial charge in [-0.2, -0.15) is 0 Å². The first-order valence-electron chi connectivity index (χ1n) is 9.12. The lowest BCUT2D eigenvalue weighted by molar-refractivity contribution is -0.123. The second kappa shape index (κ2) is 6.85. The molecule has 25 heavy (non-hydrogen) atoms. The summed E-state index contributed by atoms with van der Waals surface area (Å²) in [5, 5.41) is 0. The van der Waals surface area contributed by atoms with Gasteiger partial charge < -0.3 is 4.90 Å². The van der Waals surface area contributed by atoms with Crippen molar-refractivity contribution in [1.82, 2.24) is 4.90 Å².